The molecule has 0 radical (unpaired) electrons. The van der Waals surface area contributed by atoms with E-state index >= 15 is 0 Å². The van der Waals surface area contributed by atoms with E-state index in [0.717, 1.165) is 53.8 Å². The molecule has 2 aromatic rings. The van der Waals surface area contributed by atoms with Crippen LogP contribution >= 0.6 is 27.5 Å². The Morgan fingerprint density at radius 3 is 2.57 bits per heavy atom. The highest BCUT2D eigenvalue weighted by molar-refractivity contribution is 9.10. The first kappa shape index (κ1) is 14.7. The Bertz CT molecular complexity index is 622. The maximum atomic E-state index is 4.57. The lowest BCUT2D eigenvalue weighted by Gasteiger charge is -2.35. The second kappa shape index (κ2) is 6.27. The molecule has 0 spiro atoms. The molecule has 5 nitrogen and oxygen atoms in total. The van der Waals surface area contributed by atoms with Crippen LogP contribution < -0.4 is 9.80 Å². The fourth-order valence-electron chi connectivity index (χ4n) is 2.34. The predicted molar refractivity (Wildman–Crippen MR) is 90.4 cm³/mol. The molecule has 3 heterocycles. The standard InChI is InChI=1S/C14H18BrN5S/c1-3-12-17-14(21-18-12)20-6-4-19(5-7-20)13-8-10(2)11(15)9-16-13/h8-9H,3-7H2,1-2H3. The minimum absolute atomic E-state index is 0.901. The SMILES string of the molecule is CCc1nsc(N2CCN(c3cc(C)c(Br)cn3)CC2)n1. The van der Waals surface area contributed by atoms with Crippen LogP contribution in [0.3, 0.4) is 0 Å². The van der Waals surface area contributed by atoms with Crippen LogP contribution in [0.1, 0.15) is 18.3 Å². The van der Waals surface area contributed by atoms with Crippen LogP contribution in [-0.2, 0) is 6.42 Å². The maximum absolute atomic E-state index is 4.57. The van der Waals surface area contributed by atoms with Crippen LogP contribution in [0.4, 0.5) is 10.9 Å². The van der Waals surface area contributed by atoms with E-state index < -0.39 is 0 Å². The monoisotopic (exact) mass is 367 g/mol. The summed E-state index contributed by atoms with van der Waals surface area (Å²) in [5.74, 6) is 2.00. The molecule has 0 bridgehead atoms. The first-order chi connectivity index (χ1) is 10.2. The second-order valence-electron chi connectivity index (χ2n) is 5.11. The van der Waals surface area contributed by atoms with Gasteiger partial charge in [-0.15, -0.1) is 0 Å². The van der Waals surface area contributed by atoms with Gasteiger partial charge in [-0.3, -0.25) is 0 Å². The Morgan fingerprint density at radius 1 is 1.24 bits per heavy atom. The van der Waals surface area contributed by atoms with Gasteiger partial charge in [0.15, 0.2) is 0 Å². The van der Waals surface area contributed by atoms with E-state index in [2.05, 4.69) is 60.0 Å². The molecule has 1 aliphatic rings. The molecule has 3 rings (SSSR count). The number of aromatic nitrogens is 3. The molecule has 1 saturated heterocycles. The maximum Gasteiger partial charge on any atom is 0.205 e. The highest BCUT2D eigenvalue weighted by Crippen LogP contribution is 2.23. The van der Waals surface area contributed by atoms with E-state index in [1.165, 1.54) is 17.1 Å². The molecule has 0 aromatic carbocycles. The molecular weight excluding hydrogens is 350 g/mol. The number of hydrogen-bond acceptors (Lipinski definition) is 6. The average Bonchev–Trinajstić information content (AvgIpc) is 2.99. The Labute approximate surface area is 137 Å². The van der Waals surface area contributed by atoms with E-state index in [4.69, 9.17) is 0 Å². The zero-order valence-electron chi connectivity index (χ0n) is 12.2. The largest absolute Gasteiger partial charge is 0.353 e. The number of rotatable bonds is 3. The predicted octanol–water partition coefficient (Wildman–Crippen LogP) is 2.89. The van der Waals surface area contributed by atoms with Gasteiger partial charge in [0.05, 0.1) is 0 Å². The van der Waals surface area contributed by atoms with Gasteiger partial charge < -0.3 is 9.80 Å². The van der Waals surface area contributed by atoms with Gasteiger partial charge in [0.2, 0.25) is 5.13 Å². The van der Waals surface area contributed by atoms with Crippen molar-refractivity contribution in [2.75, 3.05) is 36.0 Å². The molecule has 7 heteroatoms. The van der Waals surface area contributed by atoms with Crippen LogP contribution in [0.15, 0.2) is 16.7 Å². The summed E-state index contributed by atoms with van der Waals surface area (Å²) in [5.41, 5.74) is 1.22. The first-order valence-corrected chi connectivity index (χ1v) is 8.68. The number of piperazine rings is 1. The minimum atomic E-state index is 0.901. The molecule has 1 fully saturated rings. The van der Waals surface area contributed by atoms with Crippen molar-refractivity contribution >= 4 is 38.4 Å². The van der Waals surface area contributed by atoms with Crippen molar-refractivity contribution in [2.45, 2.75) is 20.3 Å². The quantitative estimate of drug-likeness (QED) is 0.834. The average molecular weight is 368 g/mol. The van der Waals surface area contributed by atoms with Crippen LogP contribution in [0.2, 0.25) is 0 Å². The van der Waals surface area contributed by atoms with E-state index in [1.54, 1.807) is 0 Å². The normalized spacial score (nSPS) is 15.6. The topological polar surface area (TPSA) is 45.2 Å². The highest BCUT2D eigenvalue weighted by Gasteiger charge is 2.21. The van der Waals surface area contributed by atoms with Gasteiger partial charge in [-0.05, 0) is 34.5 Å². The number of nitrogens with zero attached hydrogens (tertiary/aromatic N) is 5. The summed E-state index contributed by atoms with van der Waals surface area (Å²) in [6.07, 6.45) is 2.79. The summed E-state index contributed by atoms with van der Waals surface area (Å²) < 4.78 is 5.43. The van der Waals surface area contributed by atoms with Crippen molar-refractivity contribution in [1.29, 1.82) is 0 Å². The zero-order chi connectivity index (χ0) is 14.8. The fourth-order valence-corrected chi connectivity index (χ4v) is 3.36. The highest BCUT2D eigenvalue weighted by atomic mass is 79.9. The van der Waals surface area contributed by atoms with Crippen molar-refractivity contribution in [2.24, 2.45) is 0 Å². The molecule has 0 N–H and O–H groups in total. The number of hydrogen-bond donors (Lipinski definition) is 0. The van der Waals surface area contributed by atoms with Gasteiger partial charge in [-0.2, -0.15) is 4.37 Å². The fraction of sp³-hybridized carbons (Fsp3) is 0.500. The van der Waals surface area contributed by atoms with Crippen molar-refractivity contribution in [3.63, 3.8) is 0 Å². The van der Waals surface area contributed by atoms with Crippen LogP contribution in [0.25, 0.3) is 0 Å². The Balaban J connectivity index is 1.65. The Morgan fingerprint density at radius 2 is 1.95 bits per heavy atom. The molecular formula is C14H18BrN5S. The molecule has 0 atom stereocenters. The van der Waals surface area contributed by atoms with Crippen LogP contribution in [-0.4, -0.2) is 40.5 Å². The smallest absolute Gasteiger partial charge is 0.205 e. The van der Waals surface area contributed by atoms with Crippen molar-refractivity contribution in [1.82, 2.24) is 14.3 Å². The lowest BCUT2D eigenvalue weighted by atomic mass is 10.2. The summed E-state index contributed by atoms with van der Waals surface area (Å²) >= 11 is 5.01. The molecule has 0 saturated carbocycles. The third-order valence-corrected chi connectivity index (χ3v) is 5.33. The number of anilines is 2. The van der Waals surface area contributed by atoms with E-state index in [-0.39, 0.29) is 0 Å². The summed E-state index contributed by atoms with van der Waals surface area (Å²) in [4.78, 5) is 13.7. The first-order valence-electron chi connectivity index (χ1n) is 7.12. The number of pyridine rings is 1. The minimum Gasteiger partial charge on any atom is -0.353 e. The molecule has 0 aliphatic carbocycles. The third-order valence-electron chi connectivity index (χ3n) is 3.68. The van der Waals surface area contributed by atoms with Crippen molar-refractivity contribution in [3.8, 4) is 0 Å². The van der Waals surface area contributed by atoms with E-state index in [1.807, 2.05) is 6.20 Å². The molecule has 2 aromatic heterocycles. The van der Waals surface area contributed by atoms with E-state index in [9.17, 15) is 0 Å². The van der Waals surface area contributed by atoms with Crippen LogP contribution in [0, 0.1) is 6.92 Å². The molecule has 0 unspecified atom stereocenters. The summed E-state index contributed by atoms with van der Waals surface area (Å²) in [6, 6.07) is 2.14. The van der Waals surface area contributed by atoms with Crippen LogP contribution in [0.5, 0.6) is 0 Å². The van der Waals surface area contributed by atoms with Gasteiger partial charge in [-0.25, -0.2) is 9.97 Å². The van der Waals surface area contributed by atoms with Crippen molar-refractivity contribution < 1.29 is 0 Å². The lowest BCUT2D eigenvalue weighted by molar-refractivity contribution is 0.645. The van der Waals surface area contributed by atoms with Crippen molar-refractivity contribution in [3.05, 3.63) is 28.1 Å². The number of halogens is 1. The molecule has 0 amide bonds. The third kappa shape index (κ3) is 3.18. The summed E-state index contributed by atoms with van der Waals surface area (Å²) in [6.45, 7) is 8.05. The van der Waals surface area contributed by atoms with Gasteiger partial charge in [0.25, 0.3) is 0 Å². The second-order valence-corrected chi connectivity index (χ2v) is 6.70. The van der Waals surface area contributed by atoms with Gasteiger partial charge in [0.1, 0.15) is 11.6 Å². The lowest BCUT2D eigenvalue weighted by Crippen LogP contribution is -2.46. The van der Waals surface area contributed by atoms with Gasteiger partial charge in [-0.1, -0.05) is 6.92 Å². The molecule has 112 valence electrons. The zero-order valence-corrected chi connectivity index (χ0v) is 14.6. The molecule has 1 aliphatic heterocycles. The summed E-state index contributed by atoms with van der Waals surface area (Å²) in [7, 11) is 0. The van der Waals surface area contributed by atoms with Gasteiger partial charge >= 0.3 is 0 Å². The molecule has 21 heavy (non-hydrogen) atoms. The Hall–Kier alpha value is -1.21. The van der Waals surface area contributed by atoms with E-state index in [0.29, 0.717) is 0 Å². The number of aryl methyl sites for hydroxylation is 2. The Kier molecular flexibility index (Phi) is 4.40. The van der Waals surface area contributed by atoms with Gasteiger partial charge in [0, 0.05) is 54.8 Å². The summed E-state index contributed by atoms with van der Waals surface area (Å²) in [5, 5.41) is 1.05.